The molecule has 0 saturated carbocycles. The number of pyridine rings is 1. The molecular formula is C15H17N3O2. The topological polar surface area (TPSA) is 68.5 Å². The van der Waals surface area contributed by atoms with Crippen LogP contribution in [0.2, 0.25) is 0 Å². The third kappa shape index (κ3) is 3.26. The van der Waals surface area contributed by atoms with E-state index in [1.807, 2.05) is 24.3 Å². The third-order valence-corrected chi connectivity index (χ3v) is 2.93. The maximum absolute atomic E-state index is 12.2. The number of benzene rings is 1. The molecule has 0 fully saturated rings. The zero-order chi connectivity index (χ0) is 14.5. The number of ether oxygens (including phenoxy) is 1. The highest BCUT2D eigenvalue weighted by Gasteiger charge is 2.13. The van der Waals surface area contributed by atoms with Crippen LogP contribution >= 0.6 is 0 Å². The first-order valence-corrected chi connectivity index (χ1v) is 6.20. The van der Waals surface area contributed by atoms with Gasteiger partial charge in [0.25, 0.3) is 5.91 Å². The highest BCUT2D eigenvalue weighted by molar-refractivity contribution is 5.92. The first kappa shape index (κ1) is 13.9. The van der Waals surface area contributed by atoms with E-state index in [9.17, 15) is 4.79 Å². The highest BCUT2D eigenvalue weighted by Crippen LogP contribution is 2.14. The lowest BCUT2D eigenvalue weighted by molar-refractivity contribution is 0.0779. The van der Waals surface area contributed by atoms with Crippen molar-refractivity contribution in [3.8, 4) is 5.75 Å². The molecule has 20 heavy (non-hydrogen) atoms. The van der Waals surface area contributed by atoms with Gasteiger partial charge < -0.3 is 15.4 Å². The summed E-state index contributed by atoms with van der Waals surface area (Å²) in [6, 6.07) is 10.8. The predicted octanol–water partition coefficient (Wildman–Crippen LogP) is 1.94. The molecule has 1 aromatic carbocycles. The lowest BCUT2D eigenvalue weighted by Crippen LogP contribution is -2.27. The van der Waals surface area contributed by atoms with Gasteiger partial charge in [0, 0.05) is 25.5 Å². The summed E-state index contributed by atoms with van der Waals surface area (Å²) in [7, 11) is 3.35. The van der Waals surface area contributed by atoms with Crippen LogP contribution in [0.3, 0.4) is 0 Å². The summed E-state index contributed by atoms with van der Waals surface area (Å²) in [4.78, 5) is 17.8. The van der Waals surface area contributed by atoms with Crippen LogP contribution in [0.25, 0.3) is 0 Å². The van der Waals surface area contributed by atoms with Gasteiger partial charge in [-0.3, -0.25) is 9.78 Å². The summed E-state index contributed by atoms with van der Waals surface area (Å²) in [5.74, 6) is 0.633. The van der Waals surface area contributed by atoms with E-state index in [0.29, 0.717) is 17.9 Å². The number of carbonyl (C=O) groups excluding carboxylic acids is 1. The van der Waals surface area contributed by atoms with E-state index in [1.54, 1.807) is 31.2 Å². The Kier molecular flexibility index (Phi) is 4.20. The number of hydrogen-bond donors (Lipinski definition) is 1. The van der Waals surface area contributed by atoms with Crippen LogP contribution < -0.4 is 10.5 Å². The minimum absolute atomic E-state index is 0.159. The Morgan fingerprint density at radius 1 is 1.30 bits per heavy atom. The summed E-state index contributed by atoms with van der Waals surface area (Å²) in [6.45, 7) is 0.499. The zero-order valence-electron chi connectivity index (χ0n) is 11.5. The van der Waals surface area contributed by atoms with Crippen molar-refractivity contribution >= 4 is 11.6 Å². The van der Waals surface area contributed by atoms with Crippen LogP contribution in [0, 0.1) is 0 Å². The normalized spacial score (nSPS) is 10.1. The third-order valence-electron chi connectivity index (χ3n) is 2.93. The molecule has 5 nitrogen and oxygen atoms in total. The average Bonchev–Trinajstić information content (AvgIpc) is 2.47. The molecule has 0 aliphatic rings. The van der Waals surface area contributed by atoms with Gasteiger partial charge in [-0.25, -0.2) is 0 Å². The molecule has 104 valence electrons. The number of carbonyl (C=O) groups is 1. The molecule has 0 atom stereocenters. The van der Waals surface area contributed by atoms with Crippen LogP contribution in [0.5, 0.6) is 5.75 Å². The summed E-state index contributed by atoms with van der Waals surface area (Å²) in [6.07, 6.45) is 1.53. The second-order valence-electron chi connectivity index (χ2n) is 4.48. The van der Waals surface area contributed by atoms with Crippen molar-refractivity contribution in [2.75, 3.05) is 19.9 Å². The maximum Gasteiger partial charge on any atom is 0.272 e. The number of anilines is 1. The first-order chi connectivity index (χ1) is 9.60. The number of methoxy groups -OCH3 is 1. The van der Waals surface area contributed by atoms with E-state index in [4.69, 9.17) is 10.5 Å². The number of nitrogens with zero attached hydrogens (tertiary/aromatic N) is 2. The Labute approximate surface area is 118 Å². The van der Waals surface area contributed by atoms with Crippen LogP contribution in [0.15, 0.2) is 42.6 Å². The summed E-state index contributed by atoms with van der Waals surface area (Å²) in [5, 5.41) is 0. The van der Waals surface area contributed by atoms with Gasteiger partial charge in [0.1, 0.15) is 11.4 Å². The number of nitrogen functional groups attached to an aromatic ring is 1. The standard InChI is InChI=1S/C15H17N3O2/c1-18(10-11-3-5-13(20-2)6-4-11)15(19)14-9-12(16)7-8-17-14/h3-9H,10H2,1-2H3,(H2,16,17). The minimum Gasteiger partial charge on any atom is -0.497 e. The van der Waals surface area contributed by atoms with E-state index in [-0.39, 0.29) is 5.91 Å². The van der Waals surface area contributed by atoms with Crippen molar-refractivity contribution in [3.63, 3.8) is 0 Å². The van der Waals surface area contributed by atoms with E-state index in [0.717, 1.165) is 11.3 Å². The Balaban J connectivity index is 2.07. The molecule has 0 radical (unpaired) electrons. The van der Waals surface area contributed by atoms with E-state index >= 15 is 0 Å². The maximum atomic E-state index is 12.2. The zero-order valence-corrected chi connectivity index (χ0v) is 11.5. The Morgan fingerprint density at radius 2 is 2.00 bits per heavy atom. The van der Waals surface area contributed by atoms with Gasteiger partial charge in [-0.15, -0.1) is 0 Å². The van der Waals surface area contributed by atoms with E-state index < -0.39 is 0 Å². The number of amides is 1. The van der Waals surface area contributed by atoms with Crippen molar-refractivity contribution < 1.29 is 9.53 Å². The van der Waals surface area contributed by atoms with Crippen molar-refractivity contribution in [3.05, 3.63) is 53.9 Å². The molecule has 0 unspecified atom stereocenters. The second-order valence-corrected chi connectivity index (χ2v) is 4.48. The average molecular weight is 271 g/mol. The van der Waals surface area contributed by atoms with Gasteiger partial charge >= 0.3 is 0 Å². The first-order valence-electron chi connectivity index (χ1n) is 6.20. The van der Waals surface area contributed by atoms with Gasteiger partial charge in [0.2, 0.25) is 0 Å². The molecule has 2 N–H and O–H groups in total. The lowest BCUT2D eigenvalue weighted by Gasteiger charge is -2.17. The van der Waals surface area contributed by atoms with Crippen molar-refractivity contribution in [2.24, 2.45) is 0 Å². The molecule has 0 aliphatic carbocycles. The van der Waals surface area contributed by atoms with Crippen LogP contribution in [0.4, 0.5) is 5.69 Å². The van der Waals surface area contributed by atoms with Crippen LogP contribution in [-0.2, 0) is 6.54 Å². The number of hydrogen-bond acceptors (Lipinski definition) is 4. The monoisotopic (exact) mass is 271 g/mol. The SMILES string of the molecule is COc1ccc(CN(C)C(=O)c2cc(N)ccn2)cc1. The lowest BCUT2D eigenvalue weighted by atomic mass is 10.2. The fourth-order valence-electron chi connectivity index (χ4n) is 1.84. The van der Waals surface area contributed by atoms with Crippen LogP contribution in [0.1, 0.15) is 16.1 Å². The highest BCUT2D eigenvalue weighted by atomic mass is 16.5. The van der Waals surface area contributed by atoms with Crippen molar-refractivity contribution in [1.82, 2.24) is 9.88 Å². The molecule has 0 aliphatic heterocycles. The van der Waals surface area contributed by atoms with Gasteiger partial charge in [-0.2, -0.15) is 0 Å². The largest absolute Gasteiger partial charge is 0.497 e. The van der Waals surface area contributed by atoms with Gasteiger partial charge in [-0.05, 0) is 29.8 Å². The van der Waals surface area contributed by atoms with Crippen LogP contribution in [-0.4, -0.2) is 29.9 Å². The van der Waals surface area contributed by atoms with Gasteiger partial charge in [-0.1, -0.05) is 12.1 Å². The quantitative estimate of drug-likeness (QED) is 0.922. The molecule has 0 spiro atoms. The molecular weight excluding hydrogens is 254 g/mol. The summed E-state index contributed by atoms with van der Waals surface area (Å²) < 4.78 is 5.10. The fourth-order valence-corrected chi connectivity index (χ4v) is 1.84. The molecule has 1 aromatic heterocycles. The Hall–Kier alpha value is -2.56. The molecule has 1 amide bonds. The number of rotatable bonds is 4. The number of nitrogens with two attached hydrogens (primary N) is 1. The predicted molar refractivity (Wildman–Crippen MR) is 77.4 cm³/mol. The summed E-state index contributed by atoms with van der Waals surface area (Å²) in [5.41, 5.74) is 7.55. The summed E-state index contributed by atoms with van der Waals surface area (Å²) >= 11 is 0. The Bertz CT molecular complexity index is 596. The number of aromatic nitrogens is 1. The second kappa shape index (κ2) is 6.06. The van der Waals surface area contributed by atoms with Gasteiger partial charge in [0.15, 0.2) is 0 Å². The van der Waals surface area contributed by atoms with E-state index in [1.165, 1.54) is 6.20 Å². The van der Waals surface area contributed by atoms with Gasteiger partial charge in [0.05, 0.1) is 7.11 Å². The smallest absolute Gasteiger partial charge is 0.272 e. The molecule has 5 heteroatoms. The molecule has 1 heterocycles. The van der Waals surface area contributed by atoms with E-state index in [2.05, 4.69) is 4.98 Å². The molecule has 2 aromatic rings. The molecule has 0 bridgehead atoms. The molecule has 2 rings (SSSR count). The fraction of sp³-hybridized carbons (Fsp3) is 0.200. The molecule has 0 saturated heterocycles. The van der Waals surface area contributed by atoms with Crippen molar-refractivity contribution in [2.45, 2.75) is 6.54 Å². The van der Waals surface area contributed by atoms with Crippen molar-refractivity contribution in [1.29, 1.82) is 0 Å². The minimum atomic E-state index is -0.159. The Morgan fingerprint density at radius 3 is 2.60 bits per heavy atom.